The normalized spacial score (nSPS) is 10.1. The molecule has 0 unspecified atom stereocenters. The molecule has 2 rings (SSSR count). The molecule has 1 heterocycles. The van der Waals surface area contributed by atoms with E-state index in [0.717, 1.165) is 0 Å². The molecule has 1 aromatic carbocycles. The number of carboxylic acid groups (broad SMARTS) is 1. The fraction of sp³-hybridized carbons (Fsp3) is 0. The number of anilines is 1. The minimum absolute atomic E-state index is 0.0107. The van der Waals surface area contributed by atoms with Gasteiger partial charge in [-0.3, -0.25) is 9.78 Å². The summed E-state index contributed by atoms with van der Waals surface area (Å²) < 4.78 is 1.07. The number of hydrogen-bond acceptors (Lipinski definition) is 3. The summed E-state index contributed by atoms with van der Waals surface area (Å²) in [6.07, 6.45) is 2.96. The molecule has 0 saturated heterocycles. The van der Waals surface area contributed by atoms with Gasteiger partial charge in [-0.1, -0.05) is 15.9 Å². The van der Waals surface area contributed by atoms with Gasteiger partial charge in [-0.05, 0) is 40.2 Å². The molecule has 0 saturated carbocycles. The predicted molar refractivity (Wildman–Crippen MR) is 81.0 cm³/mol. The average molecular weight is 400 g/mol. The van der Waals surface area contributed by atoms with E-state index >= 15 is 0 Å². The molecule has 102 valence electrons. The Kier molecular flexibility index (Phi) is 4.51. The Hall–Kier alpha value is -1.73. The number of nitrogens with zero attached hydrogens (tertiary/aromatic N) is 1. The highest BCUT2D eigenvalue weighted by Gasteiger charge is 2.17. The van der Waals surface area contributed by atoms with E-state index in [4.69, 9.17) is 0 Å². The van der Waals surface area contributed by atoms with Gasteiger partial charge in [-0.15, -0.1) is 0 Å². The lowest BCUT2D eigenvalue weighted by Gasteiger charge is -2.11. The zero-order valence-electron chi connectivity index (χ0n) is 9.93. The Morgan fingerprint density at radius 2 is 2.00 bits per heavy atom. The van der Waals surface area contributed by atoms with Crippen LogP contribution in [0.15, 0.2) is 45.6 Å². The van der Waals surface area contributed by atoms with Gasteiger partial charge < -0.3 is 10.4 Å². The maximum atomic E-state index is 12.0. The summed E-state index contributed by atoms with van der Waals surface area (Å²) in [6, 6.07) is 6.30. The first-order valence-corrected chi connectivity index (χ1v) is 7.01. The summed E-state index contributed by atoms with van der Waals surface area (Å²) in [5.41, 5.74) is 0.539. The summed E-state index contributed by atoms with van der Waals surface area (Å²) in [7, 11) is 0. The third-order valence-corrected chi connectivity index (χ3v) is 3.53. The number of benzene rings is 1. The highest BCUT2D eigenvalue weighted by Crippen LogP contribution is 2.31. The van der Waals surface area contributed by atoms with Crippen molar-refractivity contribution in [1.29, 1.82) is 0 Å². The number of carbonyl (C=O) groups is 2. The van der Waals surface area contributed by atoms with Gasteiger partial charge in [-0.2, -0.15) is 0 Å². The third-order valence-electron chi connectivity index (χ3n) is 2.45. The quantitative estimate of drug-likeness (QED) is 0.826. The van der Waals surface area contributed by atoms with Crippen molar-refractivity contribution in [2.75, 3.05) is 5.32 Å². The van der Waals surface area contributed by atoms with E-state index in [1.54, 1.807) is 24.4 Å². The number of pyridine rings is 1. The van der Waals surface area contributed by atoms with Crippen LogP contribution in [-0.4, -0.2) is 22.0 Å². The molecule has 0 radical (unpaired) electrons. The van der Waals surface area contributed by atoms with Gasteiger partial charge >= 0.3 is 5.97 Å². The van der Waals surface area contributed by atoms with Crippen molar-refractivity contribution in [2.24, 2.45) is 0 Å². The van der Waals surface area contributed by atoms with Crippen molar-refractivity contribution in [3.63, 3.8) is 0 Å². The summed E-state index contributed by atoms with van der Waals surface area (Å²) in [4.78, 5) is 27.1. The lowest BCUT2D eigenvalue weighted by Crippen LogP contribution is -2.15. The van der Waals surface area contributed by atoms with Crippen LogP contribution < -0.4 is 5.32 Å². The second kappa shape index (κ2) is 6.15. The average Bonchev–Trinajstić information content (AvgIpc) is 2.42. The lowest BCUT2D eigenvalue weighted by atomic mass is 10.1. The van der Waals surface area contributed by atoms with E-state index in [9.17, 15) is 14.7 Å². The van der Waals surface area contributed by atoms with E-state index in [-0.39, 0.29) is 11.3 Å². The molecule has 0 bridgehead atoms. The molecule has 0 aliphatic rings. The Balaban J connectivity index is 2.39. The molecular formula is C13H8Br2N2O3. The monoisotopic (exact) mass is 398 g/mol. The van der Waals surface area contributed by atoms with Crippen molar-refractivity contribution >= 4 is 49.4 Å². The fourth-order valence-corrected chi connectivity index (χ4v) is 2.88. The maximum Gasteiger partial charge on any atom is 0.337 e. The van der Waals surface area contributed by atoms with E-state index in [1.807, 2.05) is 0 Å². The summed E-state index contributed by atoms with van der Waals surface area (Å²) >= 11 is 6.45. The topological polar surface area (TPSA) is 79.3 Å². The highest BCUT2D eigenvalue weighted by molar-refractivity contribution is 9.11. The van der Waals surface area contributed by atoms with Gasteiger partial charge in [0.1, 0.15) is 0 Å². The number of amides is 1. The summed E-state index contributed by atoms with van der Waals surface area (Å²) in [5.74, 6) is -1.56. The van der Waals surface area contributed by atoms with Crippen LogP contribution in [0.5, 0.6) is 0 Å². The molecule has 20 heavy (non-hydrogen) atoms. The molecule has 0 spiro atoms. The largest absolute Gasteiger partial charge is 0.478 e. The van der Waals surface area contributed by atoms with Crippen molar-refractivity contribution in [2.45, 2.75) is 0 Å². The molecule has 2 N–H and O–H groups in total. The lowest BCUT2D eigenvalue weighted by molar-refractivity contribution is 0.0698. The number of carbonyl (C=O) groups excluding carboxylic acids is 1. The van der Waals surface area contributed by atoms with Crippen molar-refractivity contribution in [3.8, 4) is 0 Å². The first kappa shape index (κ1) is 14.7. The second-order valence-electron chi connectivity index (χ2n) is 3.81. The van der Waals surface area contributed by atoms with E-state index in [2.05, 4.69) is 42.2 Å². The second-order valence-corrected chi connectivity index (χ2v) is 5.58. The van der Waals surface area contributed by atoms with Gasteiger partial charge in [0.25, 0.3) is 5.91 Å². The SMILES string of the molecule is O=C(Nc1c(Br)cc(Br)cc1C(=O)O)c1cccnc1. The van der Waals surface area contributed by atoms with Crippen LogP contribution >= 0.6 is 31.9 Å². The van der Waals surface area contributed by atoms with Gasteiger partial charge in [0.15, 0.2) is 0 Å². The number of carboxylic acids is 1. The van der Waals surface area contributed by atoms with Crippen LogP contribution in [0.4, 0.5) is 5.69 Å². The zero-order valence-corrected chi connectivity index (χ0v) is 13.1. The molecule has 1 amide bonds. The number of aromatic nitrogens is 1. The molecular weight excluding hydrogens is 392 g/mol. The molecule has 2 aromatic rings. The van der Waals surface area contributed by atoms with Crippen LogP contribution in [0, 0.1) is 0 Å². The van der Waals surface area contributed by atoms with Crippen LogP contribution in [0.1, 0.15) is 20.7 Å². The summed E-state index contributed by atoms with van der Waals surface area (Å²) in [5, 5.41) is 11.8. The van der Waals surface area contributed by atoms with Crippen molar-refractivity contribution in [3.05, 3.63) is 56.7 Å². The van der Waals surface area contributed by atoms with Crippen LogP contribution in [-0.2, 0) is 0 Å². The molecule has 0 fully saturated rings. The Morgan fingerprint density at radius 3 is 2.60 bits per heavy atom. The van der Waals surface area contributed by atoms with E-state index < -0.39 is 11.9 Å². The first-order chi connectivity index (χ1) is 9.49. The van der Waals surface area contributed by atoms with Gasteiger partial charge in [-0.25, -0.2) is 4.79 Å². The molecule has 0 aliphatic heterocycles. The smallest absolute Gasteiger partial charge is 0.337 e. The van der Waals surface area contributed by atoms with E-state index in [0.29, 0.717) is 14.5 Å². The Labute approximate surface area is 131 Å². The van der Waals surface area contributed by atoms with Gasteiger partial charge in [0, 0.05) is 21.3 Å². The molecule has 1 aromatic heterocycles. The van der Waals surface area contributed by atoms with Crippen molar-refractivity contribution in [1.82, 2.24) is 4.98 Å². The minimum Gasteiger partial charge on any atom is -0.478 e. The number of hydrogen-bond donors (Lipinski definition) is 2. The molecule has 0 aliphatic carbocycles. The number of halogens is 2. The molecule has 5 nitrogen and oxygen atoms in total. The zero-order chi connectivity index (χ0) is 14.7. The number of aromatic carboxylic acids is 1. The highest BCUT2D eigenvalue weighted by atomic mass is 79.9. The van der Waals surface area contributed by atoms with Crippen LogP contribution in [0.3, 0.4) is 0 Å². The maximum absolute atomic E-state index is 12.0. The van der Waals surface area contributed by atoms with Crippen molar-refractivity contribution < 1.29 is 14.7 Å². The first-order valence-electron chi connectivity index (χ1n) is 5.42. The fourth-order valence-electron chi connectivity index (χ4n) is 1.55. The standard InChI is InChI=1S/C13H8Br2N2O3/c14-8-4-9(13(19)20)11(10(15)5-8)17-12(18)7-2-1-3-16-6-7/h1-6H,(H,17,18)(H,19,20). The van der Waals surface area contributed by atoms with Gasteiger partial charge in [0.2, 0.25) is 0 Å². The number of nitrogens with one attached hydrogen (secondary N) is 1. The summed E-state index contributed by atoms with van der Waals surface area (Å²) in [6.45, 7) is 0. The minimum atomic E-state index is -1.13. The van der Waals surface area contributed by atoms with Crippen LogP contribution in [0.25, 0.3) is 0 Å². The Bertz CT molecular complexity index is 675. The molecule has 0 atom stereocenters. The van der Waals surface area contributed by atoms with Gasteiger partial charge in [0.05, 0.1) is 16.8 Å². The third kappa shape index (κ3) is 3.23. The number of rotatable bonds is 3. The Morgan fingerprint density at radius 1 is 1.25 bits per heavy atom. The van der Waals surface area contributed by atoms with E-state index in [1.165, 1.54) is 12.3 Å². The van der Waals surface area contributed by atoms with Crippen LogP contribution in [0.2, 0.25) is 0 Å². The molecule has 7 heteroatoms. The predicted octanol–water partition coefficient (Wildman–Crippen LogP) is 3.56.